The lowest BCUT2D eigenvalue weighted by molar-refractivity contribution is -0.124. The number of hydrogen-bond donors (Lipinski definition) is 5. The average Bonchev–Trinajstić information content (AvgIpc) is 3.75. The van der Waals surface area contributed by atoms with Crippen LogP contribution in [0, 0.1) is 17.1 Å². The Hall–Kier alpha value is -3.56. The number of rotatable bonds is 30. The summed E-state index contributed by atoms with van der Waals surface area (Å²) < 4.78 is 56.7. The largest absolute Gasteiger partial charge is 0.478 e. The number of benzene rings is 1. The van der Waals surface area contributed by atoms with E-state index in [1.54, 1.807) is 0 Å². The van der Waals surface area contributed by atoms with Crippen LogP contribution in [0.1, 0.15) is 138 Å². The van der Waals surface area contributed by atoms with Crippen molar-refractivity contribution in [3.8, 4) is 6.07 Å². The van der Waals surface area contributed by atoms with Crippen molar-refractivity contribution in [3.05, 3.63) is 59.3 Å². The fourth-order valence-corrected chi connectivity index (χ4v) is 8.20. The molecule has 2 aromatic heterocycles. The Morgan fingerprint density at radius 3 is 2.18 bits per heavy atom. The first-order valence-corrected chi connectivity index (χ1v) is 22.6. The molecule has 60 heavy (non-hydrogen) atoms. The number of nitriles is 1. The number of ether oxygens (including phenoxy) is 3. The van der Waals surface area contributed by atoms with Crippen molar-refractivity contribution in [2.75, 3.05) is 32.2 Å². The maximum Gasteiger partial charge on any atom is 0.472 e. The van der Waals surface area contributed by atoms with Crippen molar-refractivity contribution < 1.29 is 57.2 Å². The summed E-state index contributed by atoms with van der Waals surface area (Å²) >= 11 is 0. The summed E-state index contributed by atoms with van der Waals surface area (Å²) in [6.45, 7) is 2.26. The second-order valence-electron chi connectivity index (χ2n) is 15.8. The van der Waals surface area contributed by atoms with E-state index in [-0.39, 0.29) is 35.9 Å². The first-order valence-electron chi connectivity index (χ1n) is 21.2. The lowest BCUT2D eigenvalue weighted by atomic mass is 9.90. The first kappa shape index (κ1) is 49.1. The highest BCUT2D eigenvalue weighted by molar-refractivity contribution is 7.47. The van der Waals surface area contributed by atoms with E-state index in [0.29, 0.717) is 12.1 Å². The van der Waals surface area contributed by atoms with E-state index in [2.05, 4.69) is 17.0 Å². The van der Waals surface area contributed by atoms with E-state index in [1.807, 2.05) is 6.07 Å². The molecule has 334 valence electrons. The van der Waals surface area contributed by atoms with Crippen molar-refractivity contribution in [1.29, 1.82) is 5.26 Å². The van der Waals surface area contributed by atoms with Crippen LogP contribution in [0.3, 0.4) is 0 Å². The molecule has 0 bridgehead atoms. The molecule has 0 spiro atoms. The number of carbonyl (C=O) groups is 1. The van der Waals surface area contributed by atoms with Crippen LogP contribution in [0.2, 0.25) is 0 Å². The number of phosphoric acid groups is 1. The lowest BCUT2D eigenvalue weighted by Gasteiger charge is -2.29. The normalized spacial score (nSPS) is 21.9. The molecule has 0 saturated carbocycles. The van der Waals surface area contributed by atoms with Gasteiger partial charge in [-0.3, -0.25) is 9.05 Å². The van der Waals surface area contributed by atoms with E-state index in [4.69, 9.17) is 29.0 Å². The Bertz CT molecular complexity index is 1880. The number of carboxylic acid groups (broad SMARTS) is 1. The zero-order valence-electron chi connectivity index (χ0n) is 34.9. The molecule has 3 heterocycles. The van der Waals surface area contributed by atoms with Gasteiger partial charge in [-0.15, -0.1) is 0 Å². The minimum absolute atomic E-state index is 0.0288. The Kier molecular flexibility index (Phi) is 19.8. The smallest absolute Gasteiger partial charge is 0.472 e. The van der Waals surface area contributed by atoms with Crippen LogP contribution in [-0.2, 0) is 40.0 Å². The van der Waals surface area contributed by atoms with Crippen molar-refractivity contribution >= 4 is 25.1 Å². The van der Waals surface area contributed by atoms with Gasteiger partial charge in [0.05, 0.1) is 37.7 Å². The number of nitrogen functional groups attached to an aromatic ring is 1. The third-order valence-electron chi connectivity index (χ3n) is 10.8. The van der Waals surface area contributed by atoms with Gasteiger partial charge in [-0.25, -0.2) is 23.2 Å². The van der Waals surface area contributed by atoms with E-state index < -0.39 is 62.3 Å². The molecule has 6 N–H and O–H groups in total. The van der Waals surface area contributed by atoms with Gasteiger partial charge in [-0.05, 0) is 49.2 Å². The van der Waals surface area contributed by atoms with Crippen LogP contribution in [-0.4, -0.2) is 91.1 Å². The van der Waals surface area contributed by atoms with E-state index in [0.717, 1.165) is 44.1 Å². The molecule has 0 radical (unpaired) electrons. The van der Waals surface area contributed by atoms with Gasteiger partial charge >= 0.3 is 13.8 Å². The quantitative estimate of drug-likeness (QED) is 0.0324. The molecule has 2 unspecified atom stereocenters. The number of carboxylic acids is 1. The predicted octanol–water partition coefficient (Wildman–Crippen LogP) is 7.38. The molecule has 1 aliphatic heterocycles. The summed E-state index contributed by atoms with van der Waals surface area (Å²) in [6, 6.07) is 8.09. The highest BCUT2D eigenvalue weighted by Gasteiger charge is 2.63. The fraction of sp³-hybridized carbons (Fsp3) is 0.667. The topological polar surface area (TPSA) is 241 Å². The maximum absolute atomic E-state index is 14.2. The van der Waals surface area contributed by atoms with E-state index in [9.17, 15) is 39.2 Å². The summed E-state index contributed by atoms with van der Waals surface area (Å²) in [5.41, 5.74) is 2.12. The lowest BCUT2D eigenvalue weighted by Crippen LogP contribution is -2.44. The first-order chi connectivity index (χ1) is 28.7. The maximum atomic E-state index is 14.2. The minimum atomic E-state index is -4.92. The van der Waals surface area contributed by atoms with Crippen molar-refractivity contribution in [2.45, 2.75) is 153 Å². The number of phosphoric ester groups is 1. The van der Waals surface area contributed by atoms with Gasteiger partial charge in [-0.2, -0.15) is 10.4 Å². The van der Waals surface area contributed by atoms with E-state index >= 15 is 0 Å². The molecule has 1 saturated heterocycles. The van der Waals surface area contributed by atoms with Crippen LogP contribution in [0.25, 0.3) is 5.52 Å². The number of aromatic carboxylic acids is 1. The summed E-state index contributed by atoms with van der Waals surface area (Å²) in [6.07, 6.45) is 16.3. The molecule has 1 aliphatic rings. The highest BCUT2D eigenvalue weighted by atomic mass is 31.2. The molecule has 3 aromatic rings. The number of anilines is 1. The second-order valence-corrected chi connectivity index (χ2v) is 17.3. The van der Waals surface area contributed by atoms with Gasteiger partial charge in [-0.1, -0.05) is 103 Å². The van der Waals surface area contributed by atoms with Crippen LogP contribution >= 0.6 is 7.82 Å². The van der Waals surface area contributed by atoms with Gasteiger partial charge in [0, 0.05) is 6.61 Å². The number of hydrogen-bond acceptors (Lipinski definition) is 13. The SMILES string of the molecule is CCCCCCCCCCCCCCCCCCOC[C@H](COP(=O)(O)OCC1(C)O[C@@](C#N)(c2ccc3c(N)ncnn23)[C@H](O)[C@@H]1O)OCc1cc(F)cc(C(=O)O)c1. The van der Waals surface area contributed by atoms with Crippen LogP contribution < -0.4 is 5.73 Å². The van der Waals surface area contributed by atoms with Gasteiger partial charge in [0.1, 0.15) is 47.6 Å². The van der Waals surface area contributed by atoms with Gasteiger partial charge in [0.25, 0.3) is 0 Å². The van der Waals surface area contributed by atoms with Crippen LogP contribution in [0.15, 0.2) is 36.7 Å². The third-order valence-corrected chi connectivity index (χ3v) is 11.8. The summed E-state index contributed by atoms with van der Waals surface area (Å²) in [5, 5.41) is 45.9. The number of aromatic nitrogens is 3. The van der Waals surface area contributed by atoms with Gasteiger partial charge < -0.3 is 40.2 Å². The summed E-state index contributed by atoms with van der Waals surface area (Å²) in [5.74, 6) is -2.00. The Morgan fingerprint density at radius 2 is 1.58 bits per heavy atom. The number of nitrogens with two attached hydrogens (primary N) is 1. The molecule has 1 fully saturated rings. The zero-order valence-corrected chi connectivity index (χ0v) is 35.8. The van der Waals surface area contributed by atoms with Gasteiger partial charge in [0.2, 0.25) is 5.60 Å². The number of fused-ring (bicyclic) bond motifs is 1. The second kappa shape index (κ2) is 24.2. The summed E-state index contributed by atoms with van der Waals surface area (Å²) in [4.78, 5) is 26.0. The van der Waals surface area contributed by atoms with Crippen LogP contribution in [0.4, 0.5) is 10.2 Å². The third kappa shape index (κ3) is 14.3. The zero-order chi connectivity index (χ0) is 43.6. The summed E-state index contributed by atoms with van der Waals surface area (Å²) in [7, 11) is -4.92. The molecule has 1 aromatic carbocycles. The average molecular weight is 864 g/mol. The van der Waals surface area contributed by atoms with Crippen molar-refractivity contribution in [2.24, 2.45) is 0 Å². The van der Waals surface area contributed by atoms with Crippen molar-refractivity contribution in [3.63, 3.8) is 0 Å². The number of aliphatic hydroxyl groups excluding tert-OH is 2. The van der Waals surface area contributed by atoms with Crippen molar-refractivity contribution in [1.82, 2.24) is 14.6 Å². The number of nitrogens with zero attached hydrogens (tertiary/aromatic N) is 4. The molecule has 4 rings (SSSR count). The molecular formula is C42H63FN5O11P. The minimum Gasteiger partial charge on any atom is -0.478 e. The Labute approximate surface area is 351 Å². The Balaban J connectivity index is 1.24. The number of unbranched alkanes of at least 4 members (excludes halogenated alkanes) is 15. The molecule has 0 aliphatic carbocycles. The molecule has 0 amide bonds. The molecule has 18 heteroatoms. The standard InChI is InChI=1S/C42H63FN5O11P/c1-3-4-5-6-7-8-9-10-11-12-13-14-15-16-17-18-21-55-26-34(56-25-31-22-32(40(51)52)24-33(43)23-31)27-57-60(53,54)58-29-41(2)37(49)38(50)42(28-44,59-41)36-20-19-35-39(45)46-30-47-48(35)36/h19-20,22-24,30,34,37-38,49-50H,3-18,21,25-27,29H2,1-2H3,(H,51,52)(H,53,54)(H2,45,46,47)/t34-,37+,38-,41?,42+/m1/s1. The van der Waals surface area contributed by atoms with E-state index in [1.165, 1.54) is 107 Å². The Morgan fingerprint density at radius 1 is 0.967 bits per heavy atom. The highest BCUT2D eigenvalue weighted by Crippen LogP contribution is 2.49. The molecule has 16 nitrogen and oxygen atoms in total. The molecule has 6 atom stereocenters. The monoisotopic (exact) mass is 863 g/mol. The van der Waals surface area contributed by atoms with Crippen LogP contribution in [0.5, 0.6) is 0 Å². The predicted molar refractivity (Wildman–Crippen MR) is 220 cm³/mol. The fourth-order valence-electron chi connectivity index (χ4n) is 7.35. The molecular weight excluding hydrogens is 800 g/mol. The number of halogens is 1. The number of aliphatic hydroxyl groups is 2. The van der Waals surface area contributed by atoms with Gasteiger partial charge in [0.15, 0.2) is 5.82 Å².